The van der Waals surface area contributed by atoms with Crippen LogP contribution in [0.15, 0.2) is 53.5 Å². The number of benzene rings is 1. The standard InChI is InChI=1S/C23H24N4O4/c1-2-31-20(28)8-5-18-15-16-9-10-24-23(29)21(16)22(26-18)25-17-3-6-19(7-4-17)27-11-13-30-14-12-27/h3-10,15H,2,11-14H2,1H3,(H,24,29)(H,25,26)/b8-5+. The van der Waals surface area contributed by atoms with Crippen molar-refractivity contribution in [1.82, 2.24) is 9.97 Å². The van der Waals surface area contributed by atoms with Crippen LogP contribution in [0.2, 0.25) is 0 Å². The van der Waals surface area contributed by atoms with Gasteiger partial charge in [0.2, 0.25) is 0 Å². The number of nitrogens with one attached hydrogen (secondary N) is 2. The number of carbonyl (C=O) groups excluding carboxylic acids is 1. The minimum atomic E-state index is -0.441. The van der Waals surface area contributed by atoms with Crippen LogP contribution in [-0.2, 0) is 14.3 Å². The quantitative estimate of drug-likeness (QED) is 0.467. The van der Waals surface area contributed by atoms with Gasteiger partial charge in [-0.25, -0.2) is 9.78 Å². The van der Waals surface area contributed by atoms with Crippen molar-refractivity contribution in [2.75, 3.05) is 43.1 Å². The minimum Gasteiger partial charge on any atom is -0.463 e. The number of nitrogens with zero attached hydrogens (tertiary/aromatic N) is 2. The number of anilines is 3. The Labute approximate surface area is 179 Å². The number of aromatic amines is 1. The van der Waals surface area contributed by atoms with Gasteiger partial charge in [-0.2, -0.15) is 0 Å². The van der Waals surface area contributed by atoms with Gasteiger partial charge in [0, 0.05) is 36.7 Å². The Kier molecular flexibility index (Phi) is 6.28. The summed E-state index contributed by atoms with van der Waals surface area (Å²) >= 11 is 0. The number of fused-ring (bicyclic) bond motifs is 1. The van der Waals surface area contributed by atoms with Crippen LogP contribution in [0.5, 0.6) is 0 Å². The molecular weight excluding hydrogens is 396 g/mol. The maximum atomic E-state index is 12.5. The van der Waals surface area contributed by atoms with Crippen molar-refractivity contribution in [1.29, 1.82) is 0 Å². The zero-order valence-electron chi connectivity index (χ0n) is 17.3. The molecular formula is C23H24N4O4. The first-order valence-electron chi connectivity index (χ1n) is 10.2. The highest BCUT2D eigenvalue weighted by Crippen LogP contribution is 2.25. The Morgan fingerprint density at radius 2 is 2.03 bits per heavy atom. The molecule has 8 heteroatoms. The molecule has 0 radical (unpaired) electrons. The number of aromatic nitrogens is 2. The van der Waals surface area contributed by atoms with Crippen molar-refractivity contribution in [3.8, 4) is 0 Å². The number of carbonyl (C=O) groups is 1. The number of hydrogen-bond acceptors (Lipinski definition) is 7. The monoisotopic (exact) mass is 420 g/mol. The minimum absolute atomic E-state index is 0.238. The average molecular weight is 420 g/mol. The van der Waals surface area contributed by atoms with Crippen LogP contribution in [0.4, 0.5) is 17.2 Å². The lowest BCUT2D eigenvalue weighted by molar-refractivity contribution is -0.137. The molecule has 160 valence electrons. The number of hydrogen-bond donors (Lipinski definition) is 2. The van der Waals surface area contributed by atoms with Crippen molar-refractivity contribution in [3.63, 3.8) is 0 Å². The number of pyridine rings is 2. The van der Waals surface area contributed by atoms with Crippen LogP contribution >= 0.6 is 0 Å². The molecule has 8 nitrogen and oxygen atoms in total. The van der Waals surface area contributed by atoms with E-state index in [1.165, 1.54) is 6.08 Å². The Hall–Kier alpha value is -3.65. The molecule has 0 aliphatic carbocycles. The number of morpholine rings is 1. The van der Waals surface area contributed by atoms with Gasteiger partial charge in [0.25, 0.3) is 5.56 Å². The summed E-state index contributed by atoms with van der Waals surface area (Å²) < 4.78 is 10.3. The predicted molar refractivity (Wildman–Crippen MR) is 121 cm³/mol. The van der Waals surface area contributed by atoms with E-state index >= 15 is 0 Å². The van der Waals surface area contributed by atoms with Crippen molar-refractivity contribution >= 4 is 40.0 Å². The molecule has 0 atom stereocenters. The summed E-state index contributed by atoms with van der Waals surface area (Å²) in [6, 6.07) is 11.5. The molecule has 1 aromatic carbocycles. The summed E-state index contributed by atoms with van der Waals surface area (Å²) in [4.78, 5) is 33.6. The SMILES string of the molecule is CCOC(=O)/C=C/c1cc2cc[nH]c(=O)c2c(Nc2ccc(N3CCOCC3)cc2)n1. The lowest BCUT2D eigenvalue weighted by Gasteiger charge is -2.28. The highest BCUT2D eigenvalue weighted by molar-refractivity contribution is 5.94. The van der Waals surface area contributed by atoms with E-state index < -0.39 is 5.97 Å². The summed E-state index contributed by atoms with van der Waals surface area (Å²) in [5.74, 6) is -0.0227. The Morgan fingerprint density at radius 1 is 1.26 bits per heavy atom. The van der Waals surface area contributed by atoms with Gasteiger partial charge in [0.05, 0.1) is 30.9 Å². The van der Waals surface area contributed by atoms with E-state index in [1.54, 1.807) is 31.3 Å². The van der Waals surface area contributed by atoms with Crippen LogP contribution < -0.4 is 15.8 Å². The topological polar surface area (TPSA) is 96.5 Å². The molecule has 1 aliphatic rings. The van der Waals surface area contributed by atoms with E-state index in [4.69, 9.17) is 9.47 Å². The Bertz CT molecular complexity index is 1150. The Morgan fingerprint density at radius 3 is 2.77 bits per heavy atom. The van der Waals surface area contributed by atoms with E-state index in [2.05, 4.69) is 20.2 Å². The van der Waals surface area contributed by atoms with Crippen molar-refractivity contribution in [2.45, 2.75) is 6.92 Å². The summed E-state index contributed by atoms with van der Waals surface area (Å²) in [5, 5.41) is 4.42. The molecule has 31 heavy (non-hydrogen) atoms. The molecule has 2 N–H and O–H groups in total. The van der Waals surface area contributed by atoms with E-state index in [1.807, 2.05) is 24.3 Å². The van der Waals surface area contributed by atoms with Gasteiger partial charge in [0.1, 0.15) is 5.82 Å². The summed E-state index contributed by atoms with van der Waals surface area (Å²) in [5.41, 5.74) is 2.23. The van der Waals surface area contributed by atoms with Gasteiger partial charge in [0.15, 0.2) is 0 Å². The Balaban J connectivity index is 1.64. The largest absolute Gasteiger partial charge is 0.463 e. The van der Waals surface area contributed by atoms with Gasteiger partial charge >= 0.3 is 5.97 Å². The summed E-state index contributed by atoms with van der Waals surface area (Å²) in [7, 11) is 0. The van der Waals surface area contributed by atoms with E-state index in [0.717, 1.165) is 43.1 Å². The van der Waals surface area contributed by atoms with Gasteiger partial charge in [-0.15, -0.1) is 0 Å². The lowest BCUT2D eigenvalue weighted by Crippen LogP contribution is -2.36. The smallest absolute Gasteiger partial charge is 0.330 e. The fourth-order valence-corrected chi connectivity index (χ4v) is 3.47. The molecule has 0 unspecified atom stereocenters. The third kappa shape index (κ3) is 4.92. The van der Waals surface area contributed by atoms with E-state index in [9.17, 15) is 9.59 Å². The van der Waals surface area contributed by atoms with Gasteiger partial charge < -0.3 is 24.7 Å². The second-order valence-corrected chi connectivity index (χ2v) is 7.02. The summed E-state index contributed by atoms with van der Waals surface area (Å²) in [6.07, 6.45) is 4.49. The van der Waals surface area contributed by atoms with Crippen LogP contribution in [0, 0.1) is 0 Å². The molecule has 3 aromatic rings. The zero-order chi connectivity index (χ0) is 21.6. The van der Waals surface area contributed by atoms with Crippen molar-refractivity contribution in [2.24, 2.45) is 0 Å². The second-order valence-electron chi connectivity index (χ2n) is 7.02. The molecule has 2 aromatic heterocycles. The molecule has 4 rings (SSSR count). The number of ether oxygens (including phenoxy) is 2. The van der Waals surface area contributed by atoms with E-state index in [-0.39, 0.29) is 5.56 Å². The normalized spacial score (nSPS) is 14.2. The molecule has 1 aliphatic heterocycles. The molecule has 3 heterocycles. The van der Waals surface area contributed by atoms with Crippen molar-refractivity contribution < 1.29 is 14.3 Å². The first-order valence-corrected chi connectivity index (χ1v) is 10.2. The van der Waals surface area contributed by atoms with Crippen LogP contribution in [0.25, 0.3) is 16.8 Å². The van der Waals surface area contributed by atoms with E-state index in [0.29, 0.717) is 23.5 Å². The van der Waals surface area contributed by atoms with Gasteiger partial charge in [-0.1, -0.05) is 0 Å². The molecule has 0 saturated carbocycles. The maximum Gasteiger partial charge on any atom is 0.330 e. The average Bonchev–Trinajstić information content (AvgIpc) is 2.79. The van der Waals surface area contributed by atoms with Gasteiger partial charge in [-0.05, 0) is 54.8 Å². The van der Waals surface area contributed by atoms with Crippen molar-refractivity contribution in [3.05, 3.63) is 64.7 Å². The maximum absolute atomic E-state index is 12.5. The number of H-pyrrole nitrogens is 1. The fourth-order valence-electron chi connectivity index (χ4n) is 3.47. The summed E-state index contributed by atoms with van der Waals surface area (Å²) in [6.45, 7) is 5.23. The third-order valence-corrected chi connectivity index (χ3v) is 4.96. The predicted octanol–water partition coefficient (Wildman–Crippen LogP) is 3.08. The molecule has 1 saturated heterocycles. The van der Waals surface area contributed by atoms with Gasteiger partial charge in [-0.3, -0.25) is 4.79 Å². The fraction of sp³-hybridized carbons (Fsp3) is 0.261. The molecule has 0 spiro atoms. The van der Waals surface area contributed by atoms with Crippen LogP contribution in [0.3, 0.4) is 0 Å². The number of esters is 1. The third-order valence-electron chi connectivity index (χ3n) is 4.96. The lowest BCUT2D eigenvalue weighted by atomic mass is 10.1. The first kappa shape index (κ1) is 20.6. The van der Waals surface area contributed by atoms with Crippen LogP contribution in [0.1, 0.15) is 12.6 Å². The first-order chi connectivity index (χ1) is 15.1. The molecule has 0 bridgehead atoms. The zero-order valence-corrected chi connectivity index (χ0v) is 17.3. The highest BCUT2D eigenvalue weighted by atomic mass is 16.5. The number of rotatable bonds is 6. The molecule has 1 fully saturated rings. The second kappa shape index (κ2) is 9.44. The highest BCUT2D eigenvalue weighted by Gasteiger charge is 2.12. The molecule has 0 amide bonds. The van der Waals surface area contributed by atoms with Crippen LogP contribution in [-0.4, -0.2) is 48.8 Å².